The van der Waals surface area contributed by atoms with Crippen molar-refractivity contribution in [2.75, 3.05) is 13.2 Å². The Morgan fingerprint density at radius 3 is 2.51 bits per heavy atom. The Hall–Kier alpha value is -4.38. The maximum Gasteiger partial charge on any atom is 0.266 e. The van der Waals surface area contributed by atoms with E-state index < -0.39 is 17.6 Å². The molecule has 10 nitrogen and oxygen atoms in total. The van der Waals surface area contributed by atoms with E-state index in [1.807, 2.05) is 60.7 Å². The number of aliphatic hydroxyl groups is 1. The van der Waals surface area contributed by atoms with Gasteiger partial charge in [0.05, 0.1) is 6.61 Å². The molecule has 4 aromatic carbocycles. The summed E-state index contributed by atoms with van der Waals surface area (Å²) in [5.41, 5.74) is 16.9. The summed E-state index contributed by atoms with van der Waals surface area (Å²) < 4.78 is 13.1. The zero-order valence-corrected chi connectivity index (χ0v) is 26.4. The Bertz CT molecular complexity index is 1700. The normalized spacial score (nSPS) is 17.1. The maximum absolute atomic E-state index is 14.4. The lowest BCUT2D eigenvalue weighted by atomic mass is 9.81. The molecular formula is C33H30BrClN6O4. The Morgan fingerprint density at radius 1 is 1.07 bits per heavy atom. The number of halogens is 2. The van der Waals surface area contributed by atoms with E-state index in [1.54, 1.807) is 36.4 Å². The van der Waals surface area contributed by atoms with Gasteiger partial charge < -0.3 is 14.6 Å². The number of ether oxygens (including phenoxy) is 2. The van der Waals surface area contributed by atoms with E-state index in [2.05, 4.69) is 36.8 Å². The third-order valence-corrected chi connectivity index (χ3v) is 8.00. The molecule has 1 heterocycles. The molecule has 0 aliphatic carbocycles. The van der Waals surface area contributed by atoms with Gasteiger partial charge in [0, 0.05) is 51.7 Å². The van der Waals surface area contributed by atoms with Crippen LogP contribution in [0.25, 0.3) is 10.4 Å². The lowest BCUT2D eigenvalue weighted by Gasteiger charge is -2.31. The maximum atomic E-state index is 14.4. The number of nitrogens with one attached hydrogen (secondary N) is 2. The number of rotatable bonds is 13. The van der Waals surface area contributed by atoms with Crippen LogP contribution in [-0.2, 0) is 22.5 Å². The summed E-state index contributed by atoms with van der Waals surface area (Å²) in [5.74, 6) is 0.479. The number of hydrazine groups is 1. The van der Waals surface area contributed by atoms with E-state index in [0.29, 0.717) is 47.2 Å². The second kappa shape index (κ2) is 15.1. The van der Waals surface area contributed by atoms with Crippen LogP contribution < -0.4 is 15.6 Å². The minimum Gasteiger partial charge on any atom is -0.494 e. The van der Waals surface area contributed by atoms with E-state index in [9.17, 15) is 10.3 Å². The van der Waals surface area contributed by atoms with E-state index in [1.165, 1.54) is 0 Å². The van der Waals surface area contributed by atoms with Gasteiger partial charge in [-0.2, -0.15) is 0 Å². The number of hydrogen-bond donors (Lipinski definition) is 3. The first kappa shape index (κ1) is 32.0. The Labute approximate surface area is 273 Å². The predicted molar refractivity (Wildman–Crippen MR) is 176 cm³/mol. The number of benzene rings is 4. The van der Waals surface area contributed by atoms with Crippen LogP contribution in [0.2, 0.25) is 5.02 Å². The average Bonchev–Trinajstić information content (AvgIpc) is 3.44. The second-order valence-corrected chi connectivity index (χ2v) is 11.6. The Kier molecular flexibility index (Phi) is 10.7. The molecule has 0 radical (unpaired) electrons. The van der Waals surface area contributed by atoms with Crippen molar-refractivity contribution < 1.29 is 19.4 Å². The zero-order chi connectivity index (χ0) is 31.6. The smallest absolute Gasteiger partial charge is 0.266 e. The fourth-order valence-corrected chi connectivity index (χ4v) is 5.34. The van der Waals surface area contributed by atoms with Crippen LogP contribution in [0.1, 0.15) is 34.8 Å². The molecule has 5 rings (SSSR count). The lowest BCUT2D eigenvalue weighted by Crippen LogP contribution is -2.53. The first-order valence-corrected chi connectivity index (χ1v) is 15.4. The highest BCUT2D eigenvalue weighted by Gasteiger charge is 2.53. The Balaban J connectivity index is 1.55. The summed E-state index contributed by atoms with van der Waals surface area (Å²) in [6.07, 6.45) is -0.242. The van der Waals surface area contributed by atoms with E-state index >= 15 is 0 Å². The SMILES string of the molecule is [N-]=[N+]=Nc1ccccc1C[C@]1(C(=O)NNCc2ccc(Cl)cc2)N=C(c2ccc(OCCCO)cc2)O[C@H]1c1ccc(Br)cc1. The van der Waals surface area contributed by atoms with Gasteiger partial charge in [-0.25, -0.2) is 10.4 Å². The summed E-state index contributed by atoms with van der Waals surface area (Å²) in [6.45, 7) is 0.768. The highest BCUT2D eigenvalue weighted by molar-refractivity contribution is 9.10. The lowest BCUT2D eigenvalue weighted by molar-refractivity contribution is -0.130. The molecule has 1 aliphatic heterocycles. The van der Waals surface area contributed by atoms with Crippen LogP contribution in [0.15, 0.2) is 112 Å². The average molecular weight is 690 g/mol. The molecule has 12 heteroatoms. The van der Waals surface area contributed by atoms with Crippen LogP contribution in [-0.4, -0.2) is 35.7 Å². The van der Waals surface area contributed by atoms with Crippen molar-refractivity contribution in [1.29, 1.82) is 0 Å². The van der Waals surface area contributed by atoms with Gasteiger partial charge in [0.1, 0.15) is 5.75 Å². The fraction of sp³-hybridized carbons (Fsp3) is 0.212. The number of hydrogen-bond acceptors (Lipinski definition) is 7. The summed E-state index contributed by atoms with van der Waals surface area (Å²) in [7, 11) is 0. The highest BCUT2D eigenvalue weighted by atomic mass is 79.9. The van der Waals surface area contributed by atoms with Crippen molar-refractivity contribution >= 4 is 45.0 Å². The van der Waals surface area contributed by atoms with Crippen molar-refractivity contribution in [2.24, 2.45) is 10.1 Å². The number of aliphatic hydroxyl groups excluding tert-OH is 1. The summed E-state index contributed by atoms with van der Waals surface area (Å²) in [4.78, 5) is 22.4. The fourth-order valence-electron chi connectivity index (χ4n) is 4.95. The standard InChI is InChI=1S/C33H30BrClN6O4/c34-26-12-8-23(9-13-26)30-33(20-25-4-1-2-5-29(25)39-41-36,32(43)40-37-21-22-6-14-27(35)15-7-22)38-31(45-30)24-10-16-28(17-11-24)44-19-3-18-42/h1-2,4-17,30,37,42H,3,18-21H2,(H,40,43)/t30-,33-/m0/s1. The van der Waals surface area contributed by atoms with Crippen LogP contribution >= 0.6 is 27.5 Å². The molecule has 1 aliphatic rings. The monoisotopic (exact) mass is 688 g/mol. The van der Waals surface area contributed by atoms with Crippen molar-refractivity contribution in [3.63, 3.8) is 0 Å². The first-order chi connectivity index (χ1) is 21.9. The van der Waals surface area contributed by atoms with Crippen molar-refractivity contribution in [1.82, 2.24) is 10.9 Å². The predicted octanol–water partition coefficient (Wildman–Crippen LogP) is 7.13. The van der Waals surface area contributed by atoms with Gasteiger partial charge in [-0.15, -0.1) is 0 Å². The van der Waals surface area contributed by atoms with Crippen molar-refractivity contribution in [2.45, 2.75) is 31.0 Å². The molecule has 0 bridgehead atoms. The molecule has 3 N–H and O–H groups in total. The van der Waals surface area contributed by atoms with Gasteiger partial charge in [0.15, 0.2) is 11.6 Å². The third-order valence-electron chi connectivity index (χ3n) is 7.21. The molecular weight excluding hydrogens is 660 g/mol. The van der Waals surface area contributed by atoms with Crippen molar-refractivity contribution in [3.8, 4) is 5.75 Å². The van der Waals surface area contributed by atoms with E-state index in [4.69, 9.17) is 31.2 Å². The molecule has 0 fully saturated rings. The topological polar surface area (TPSA) is 141 Å². The molecule has 230 valence electrons. The van der Waals surface area contributed by atoms with Gasteiger partial charge in [-0.05, 0) is 70.8 Å². The molecule has 0 aromatic heterocycles. The Morgan fingerprint density at radius 2 is 1.80 bits per heavy atom. The molecule has 0 saturated carbocycles. The summed E-state index contributed by atoms with van der Waals surface area (Å²) in [6, 6.07) is 29.1. The molecule has 45 heavy (non-hydrogen) atoms. The van der Waals surface area contributed by atoms with E-state index in [-0.39, 0.29) is 18.9 Å². The summed E-state index contributed by atoms with van der Waals surface area (Å²) in [5, 5.41) is 13.5. The number of carbonyl (C=O) groups is 1. The van der Waals surface area contributed by atoms with Gasteiger partial charge in [-0.1, -0.05) is 81.2 Å². The molecule has 0 spiro atoms. The first-order valence-electron chi connectivity index (χ1n) is 14.2. The van der Waals surface area contributed by atoms with Gasteiger partial charge in [0.2, 0.25) is 5.90 Å². The van der Waals surface area contributed by atoms with Gasteiger partial charge in [0.25, 0.3) is 5.91 Å². The van der Waals surface area contributed by atoms with Crippen molar-refractivity contribution in [3.05, 3.63) is 139 Å². The van der Waals surface area contributed by atoms with E-state index in [0.717, 1.165) is 15.6 Å². The largest absolute Gasteiger partial charge is 0.494 e. The number of aliphatic imine (C=N–C) groups is 1. The zero-order valence-electron chi connectivity index (χ0n) is 24.1. The molecule has 1 amide bonds. The molecule has 0 saturated heterocycles. The molecule has 2 atom stereocenters. The van der Waals surface area contributed by atoms with Crippen LogP contribution in [0.4, 0.5) is 5.69 Å². The molecule has 0 unspecified atom stereocenters. The summed E-state index contributed by atoms with van der Waals surface area (Å²) >= 11 is 9.52. The van der Waals surface area contributed by atoms with Crippen LogP contribution in [0.5, 0.6) is 5.75 Å². The minimum absolute atomic E-state index is 0.0433. The number of azide groups is 1. The quantitative estimate of drug-likeness (QED) is 0.0451. The number of nitrogens with zero attached hydrogens (tertiary/aromatic N) is 4. The highest BCUT2D eigenvalue weighted by Crippen LogP contribution is 2.44. The third kappa shape index (κ3) is 7.83. The van der Waals surface area contributed by atoms with Crippen LogP contribution in [0.3, 0.4) is 0 Å². The minimum atomic E-state index is -1.51. The van der Waals surface area contributed by atoms with Gasteiger partial charge in [-0.3, -0.25) is 10.2 Å². The number of carbonyl (C=O) groups excluding carboxylic acids is 1. The second-order valence-electron chi connectivity index (χ2n) is 10.3. The number of amides is 1. The van der Waals surface area contributed by atoms with Gasteiger partial charge >= 0.3 is 0 Å². The molecule has 4 aromatic rings. The van der Waals surface area contributed by atoms with Crippen LogP contribution in [0, 0.1) is 0 Å².